The molecule has 2 atom stereocenters. The van der Waals surface area contributed by atoms with Gasteiger partial charge >= 0.3 is 5.97 Å². The highest BCUT2D eigenvalue weighted by molar-refractivity contribution is 5.73. The van der Waals surface area contributed by atoms with Gasteiger partial charge in [-0.15, -0.1) is 6.58 Å². The molecule has 88 valence electrons. The molecule has 0 radical (unpaired) electrons. The van der Waals surface area contributed by atoms with Crippen LogP contribution in [0, 0.1) is 11.3 Å². The van der Waals surface area contributed by atoms with Gasteiger partial charge in [0.1, 0.15) is 0 Å². The molecule has 15 heavy (non-hydrogen) atoms. The minimum absolute atomic E-state index is 0.333. The summed E-state index contributed by atoms with van der Waals surface area (Å²) in [6.45, 7) is 11.4. The summed E-state index contributed by atoms with van der Waals surface area (Å²) in [5, 5.41) is 10.0. The monoisotopic (exact) mass is 214 g/mol. The molecule has 0 aliphatic heterocycles. The maximum atomic E-state index is 11.6. The summed E-state index contributed by atoms with van der Waals surface area (Å²) in [5.41, 5.74) is -0.333. The third kappa shape index (κ3) is 4.47. The number of carbonyl (C=O) groups excluding carboxylic acids is 1. The lowest BCUT2D eigenvalue weighted by atomic mass is 9.80. The van der Waals surface area contributed by atoms with E-state index in [1.807, 2.05) is 20.8 Å². The largest absolute Gasteiger partial charge is 0.466 e. The maximum Gasteiger partial charge on any atom is 0.311 e. The Bertz CT molecular complexity index is 215. The summed E-state index contributed by atoms with van der Waals surface area (Å²) in [5.74, 6) is -0.859. The summed E-state index contributed by atoms with van der Waals surface area (Å²) in [6.07, 6.45) is 1.36. The van der Waals surface area contributed by atoms with E-state index < -0.39 is 12.0 Å². The Hall–Kier alpha value is -0.830. The van der Waals surface area contributed by atoms with Crippen LogP contribution in [0.2, 0.25) is 0 Å². The van der Waals surface area contributed by atoms with E-state index in [2.05, 4.69) is 6.58 Å². The van der Waals surface area contributed by atoms with Crippen molar-refractivity contribution in [1.82, 2.24) is 0 Å². The number of carbonyl (C=O) groups is 1. The fourth-order valence-electron chi connectivity index (χ4n) is 1.39. The van der Waals surface area contributed by atoms with Crippen LogP contribution in [0.3, 0.4) is 0 Å². The fourth-order valence-corrected chi connectivity index (χ4v) is 1.39. The molecule has 0 spiro atoms. The molecule has 3 heteroatoms. The van der Waals surface area contributed by atoms with Crippen LogP contribution in [0.4, 0.5) is 0 Å². The maximum absolute atomic E-state index is 11.6. The Kier molecular flexibility index (Phi) is 5.58. The minimum Gasteiger partial charge on any atom is -0.466 e. The quantitative estimate of drug-likeness (QED) is 0.563. The summed E-state index contributed by atoms with van der Waals surface area (Å²) in [6, 6.07) is 0. The van der Waals surface area contributed by atoms with E-state index in [9.17, 15) is 9.90 Å². The van der Waals surface area contributed by atoms with Crippen molar-refractivity contribution in [3.05, 3.63) is 12.7 Å². The highest BCUT2D eigenvalue weighted by atomic mass is 16.5. The Labute approximate surface area is 92.1 Å². The lowest BCUT2D eigenvalue weighted by Gasteiger charge is -2.31. The van der Waals surface area contributed by atoms with E-state index in [1.165, 1.54) is 0 Å². The van der Waals surface area contributed by atoms with Gasteiger partial charge in [-0.2, -0.15) is 0 Å². The van der Waals surface area contributed by atoms with Gasteiger partial charge < -0.3 is 9.84 Å². The first-order chi connectivity index (χ1) is 6.84. The highest BCUT2D eigenvalue weighted by Crippen LogP contribution is 2.28. The number of rotatable bonds is 5. The number of aliphatic hydroxyl groups is 1. The van der Waals surface area contributed by atoms with Gasteiger partial charge in [-0.05, 0) is 18.8 Å². The Morgan fingerprint density at radius 1 is 1.53 bits per heavy atom. The molecule has 0 unspecified atom stereocenters. The van der Waals surface area contributed by atoms with E-state index in [-0.39, 0.29) is 11.4 Å². The molecule has 0 bridgehead atoms. The number of esters is 1. The van der Waals surface area contributed by atoms with Gasteiger partial charge in [0.15, 0.2) is 0 Å². The smallest absolute Gasteiger partial charge is 0.311 e. The van der Waals surface area contributed by atoms with Crippen molar-refractivity contribution in [3.63, 3.8) is 0 Å². The standard InChI is InChI=1S/C12H22O3/c1-6-8-9(11(14)15-7-2)10(13)12(3,4)5/h6,9-10,13H,1,7-8H2,2-5H3/t9-,10-/m1/s1. The van der Waals surface area contributed by atoms with Crippen molar-refractivity contribution in [2.24, 2.45) is 11.3 Å². The molecule has 0 saturated heterocycles. The molecule has 0 rings (SSSR count). The van der Waals surface area contributed by atoms with Crippen LogP contribution in [0.15, 0.2) is 12.7 Å². The second-order valence-corrected chi connectivity index (χ2v) is 4.69. The van der Waals surface area contributed by atoms with Crippen LogP contribution in [-0.4, -0.2) is 23.8 Å². The number of allylic oxidation sites excluding steroid dienone is 1. The summed E-state index contributed by atoms with van der Waals surface area (Å²) in [4.78, 5) is 11.6. The molecule has 0 aromatic rings. The van der Waals surface area contributed by atoms with E-state index in [0.717, 1.165) is 0 Å². The SMILES string of the molecule is C=CC[C@@H](C(=O)OCC)[C@@H](O)C(C)(C)C. The lowest BCUT2D eigenvalue weighted by Crippen LogP contribution is -2.38. The van der Waals surface area contributed by atoms with E-state index in [4.69, 9.17) is 4.74 Å². The molecule has 0 aliphatic carbocycles. The van der Waals surface area contributed by atoms with Crippen molar-refractivity contribution in [2.45, 2.75) is 40.2 Å². The third-order valence-corrected chi connectivity index (χ3v) is 2.28. The molecular weight excluding hydrogens is 192 g/mol. The molecule has 0 saturated carbocycles. The second-order valence-electron chi connectivity index (χ2n) is 4.69. The molecule has 1 N–H and O–H groups in total. The van der Waals surface area contributed by atoms with E-state index in [0.29, 0.717) is 13.0 Å². The third-order valence-electron chi connectivity index (χ3n) is 2.28. The second kappa shape index (κ2) is 5.91. The van der Waals surface area contributed by atoms with Crippen LogP contribution >= 0.6 is 0 Å². The fraction of sp³-hybridized carbons (Fsp3) is 0.750. The van der Waals surface area contributed by atoms with Crippen LogP contribution in [0.1, 0.15) is 34.1 Å². The predicted molar refractivity (Wildman–Crippen MR) is 60.4 cm³/mol. The molecule has 0 heterocycles. The first-order valence-corrected chi connectivity index (χ1v) is 5.30. The number of hydrogen-bond acceptors (Lipinski definition) is 3. The predicted octanol–water partition coefficient (Wildman–Crippen LogP) is 2.15. The molecule has 0 aromatic heterocycles. The Morgan fingerprint density at radius 2 is 2.07 bits per heavy atom. The van der Waals surface area contributed by atoms with Crippen LogP contribution < -0.4 is 0 Å². The van der Waals surface area contributed by atoms with Crippen molar-refractivity contribution in [1.29, 1.82) is 0 Å². The molecule has 0 amide bonds. The van der Waals surface area contributed by atoms with Crippen LogP contribution in [0.25, 0.3) is 0 Å². The van der Waals surface area contributed by atoms with Gasteiger partial charge in [-0.25, -0.2) is 0 Å². The topological polar surface area (TPSA) is 46.5 Å². The van der Waals surface area contributed by atoms with Gasteiger partial charge in [0.2, 0.25) is 0 Å². The van der Waals surface area contributed by atoms with Crippen molar-refractivity contribution < 1.29 is 14.6 Å². The summed E-state index contributed by atoms with van der Waals surface area (Å²) < 4.78 is 4.93. The van der Waals surface area contributed by atoms with E-state index >= 15 is 0 Å². The zero-order chi connectivity index (χ0) is 12.1. The first kappa shape index (κ1) is 14.2. The van der Waals surface area contributed by atoms with Crippen LogP contribution in [0.5, 0.6) is 0 Å². The average molecular weight is 214 g/mol. The Morgan fingerprint density at radius 3 is 2.40 bits per heavy atom. The average Bonchev–Trinajstić information content (AvgIpc) is 2.12. The minimum atomic E-state index is -0.713. The van der Waals surface area contributed by atoms with Gasteiger partial charge in [0.05, 0.1) is 18.6 Å². The van der Waals surface area contributed by atoms with E-state index in [1.54, 1.807) is 13.0 Å². The number of hydrogen-bond donors (Lipinski definition) is 1. The number of aliphatic hydroxyl groups excluding tert-OH is 1. The molecular formula is C12H22O3. The normalized spacial score (nSPS) is 15.5. The zero-order valence-corrected chi connectivity index (χ0v) is 10.1. The van der Waals surface area contributed by atoms with Gasteiger partial charge in [-0.1, -0.05) is 26.8 Å². The van der Waals surface area contributed by atoms with Crippen molar-refractivity contribution >= 4 is 5.97 Å². The lowest BCUT2D eigenvalue weighted by molar-refractivity contribution is -0.155. The summed E-state index contributed by atoms with van der Waals surface area (Å²) in [7, 11) is 0. The van der Waals surface area contributed by atoms with Crippen LogP contribution in [-0.2, 0) is 9.53 Å². The first-order valence-electron chi connectivity index (χ1n) is 5.30. The number of ether oxygens (including phenoxy) is 1. The van der Waals surface area contributed by atoms with Crippen molar-refractivity contribution in [3.8, 4) is 0 Å². The van der Waals surface area contributed by atoms with Gasteiger partial charge in [-0.3, -0.25) is 4.79 Å². The Balaban J connectivity index is 4.64. The highest BCUT2D eigenvalue weighted by Gasteiger charge is 2.35. The molecule has 3 nitrogen and oxygen atoms in total. The van der Waals surface area contributed by atoms with Gasteiger partial charge in [0, 0.05) is 0 Å². The van der Waals surface area contributed by atoms with Crippen molar-refractivity contribution in [2.75, 3.05) is 6.61 Å². The van der Waals surface area contributed by atoms with Gasteiger partial charge in [0.25, 0.3) is 0 Å². The summed E-state index contributed by atoms with van der Waals surface area (Å²) >= 11 is 0. The zero-order valence-electron chi connectivity index (χ0n) is 10.1. The molecule has 0 fully saturated rings. The molecule has 0 aliphatic rings. The molecule has 0 aromatic carbocycles.